The Labute approximate surface area is 148 Å². The second-order valence-corrected chi connectivity index (χ2v) is 6.11. The zero-order chi connectivity index (χ0) is 17.7. The van der Waals surface area contributed by atoms with E-state index in [2.05, 4.69) is 5.32 Å². The zero-order valence-corrected chi connectivity index (χ0v) is 13.6. The van der Waals surface area contributed by atoms with E-state index in [9.17, 15) is 9.59 Å². The Morgan fingerprint density at radius 1 is 0.769 bits per heavy atom. The second kappa shape index (κ2) is 5.39. The Bertz CT molecular complexity index is 1260. The molecule has 1 N–H and O–H groups in total. The first-order valence-electron chi connectivity index (χ1n) is 8.26. The van der Waals surface area contributed by atoms with Gasteiger partial charge < -0.3 is 5.32 Å². The van der Waals surface area contributed by atoms with Crippen LogP contribution in [0.3, 0.4) is 0 Å². The lowest BCUT2D eigenvalue weighted by atomic mass is 10.0. The van der Waals surface area contributed by atoms with E-state index >= 15 is 0 Å². The molecule has 1 aliphatic heterocycles. The fraction of sp³-hybridized carbons (Fsp3) is 0. The molecule has 0 saturated heterocycles. The molecule has 4 aromatic rings. The summed E-state index contributed by atoms with van der Waals surface area (Å²) in [5.41, 5.74) is 2.74. The fourth-order valence-corrected chi connectivity index (χ4v) is 3.38. The van der Waals surface area contributed by atoms with Crippen molar-refractivity contribution in [1.82, 2.24) is 9.55 Å². The van der Waals surface area contributed by atoms with Crippen molar-refractivity contribution in [3.05, 3.63) is 88.7 Å². The third-order valence-electron chi connectivity index (χ3n) is 4.58. The van der Waals surface area contributed by atoms with E-state index in [-0.39, 0.29) is 11.5 Å². The van der Waals surface area contributed by atoms with Crippen LogP contribution in [-0.2, 0) is 0 Å². The Kier molecular flexibility index (Phi) is 3.03. The van der Waals surface area contributed by atoms with Gasteiger partial charge in [0.05, 0.1) is 27.8 Å². The summed E-state index contributed by atoms with van der Waals surface area (Å²) in [6.07, 6.45) is 0. The van der Waals surface area contributed by atoms with Crippen molar-refractivity contribution in [3.63, 3.8) is 0 Å². The van der Waals surface area contributed by atoms with Crippen molar-refractivity contribution >= 4 is 22.5 Å². The van der Waals surface area contributed by atoms with Gasteiger partial charge in [0.15, 0.2) is 0 Å². The maximum atomic E-state index is 13.3. The number of anilines is 1. The van der Waals surface area contributed by atoms with Gasteiger partial charge in [-0.2, -0.15) is 0 Å². The van der Waals surface area contributed by atoms with Crippen LogP contribution in [0.5, 0.6) is 0 Å². The average molecular weight is 339 g/mol. The number of para-hydroxylation sites is 3. The monoisotopic (exact) mass is 339 g/mol. The average Bonchev–Trinajstić information content (AvgIpc) is 2.68. The van der Waals surface area contributed by atoms with Crippen molar-refractivity contribution in [3.8, 4) is 17.1 Å². The minimum Gasteiger partial charge on any atom is -0.320 e. The molecule has 1 amide bonds. The van der Waals surface area contributed by atoms with Crippen LogP contribution in [0.1, 0.15) is 10.4 Å². The first-order valence-corrected chi connectivity index (χ1v) is 8.26. The molecule has 3 aromatic carbocycles. The highest BCUT2D eigenvalue weighted by Gasteiger charge is 2.24. The van der Waals surface area contributed by atoms with Crippen molar-refractivity contribution in [2.75, 3.05) is 5.32 Å². The molecule has 5 heteroatoms. The number of amides is 1. The number of carbonyl (C=O) groups excluding carboxylic acids is 1. The molecular formula is C21H13N3O2. The van der Waals surface area contributed by atoms with E-state index in [4.69, 9.17) is 4.98 Å². The Morgan fingerprint density at radius 3 is 2.35 bits per heavy atom. The Hall–Kier alpha value is -3.73. The Balaban J connectivity index is 2.03. The Morgan fingerprint density at radius 2 is 1.46 bits per heavy atom. The number of benzene rings is 3. The van der Waals surface area contributed by atoms with Gasteiger partial charge in [-0.25, -0.2) is 4.98 Å². The summed E-state index contributed by atoms with van der Waals surface area (Å²) in [6, 6.07) is 21.7. The van der Waals surface area contributed by atoms with Gasteiger partial charge in [-0.1, -0.05) is 42.5 Å². The maximum absolute atomic E-state index is 13.3. The van der Waals surface area contributed by atoms with Gasteiger partial charge in [-0.05, 0) is 30.3 Å². The van der Waals surface area contributed by atoms with E-state index in [1.807, 2.05) is 48.5 Å². The standard InChI is InChI=1S/C21H13N3O2/c25-20-14-8-2-1-7-13(14)19-22-16-10-4-3-9-15(16)21(26)24(19)18-12-6-5-11-17(18)23-20/h1-12H,(H,23,25). The summed E-state index contributed by atoms with van der Waals surface area (Å²) >= 11 is 0. The molecule has 0 unspecified atom stereocenters. The summed E-state index contributed by atoms with van der Waals surface area (Å²) in [7, 11) is 0. The largest absolute Gasteiger partial charge is 0.320 e. The molecule has 0 radical (unpaired) electrons. The SMILES string of the molecule is O=C1Nc2ccccc2-n2c(nc3ccccc3c2=O)-c2ccccc21. The molecule has 5 rings (SSSR count). The van der Waals surface area contributed by atoms with E-state index < -0.39 is 0 Å². The van der Waals surface area contributed by atoms with Crippen LogP contribution in [0.15, 0.2) is 77.6 Å². The maximum Gasteiger partial charge on any atom is 0.266 e. The normalized spacial score (nSPS) is 12.4. The van der Waals surface area contributed by atoms with E-state index in [1.165, 1.54) is 0 Å². The zero-order valence-electron chi connectivity index (χ0n) is 13.6. The van der Waals surface area contributed by atoms with Crippen molar-refractivity contribution in [2.45, 2.75) is 0 Å². The molecule has 0 spiro atoms. The van der Waals surface area contributed by atoms with E-state index in [1.54, 1.807) is 28.8 Å². The number of rotatable bonds is 0. The fourth-order valence-electron chi connectivity index (χ4n) is 3.38. The number of aromatic nitrogens is 2. The lowest BCUT2D eigenvalue weighted by molar-refractivity contribution is 0.102. The second-order valence-electron chi connectivity index (χ2n) is 6.11. The van der Waals surface area contributed by atoms with Gasteiger partial charge in [-0.15, -0.1) is 0 Å². The van der Waals surface area contributed by atoms with Gasteiger partial charge in [0.25, 0.3) is 11.5 Å². The van der Waals surface area contributed by atoms with Crippen LogP contribution in [0.25, 0.3) is 28.0 Å². The summed E-state index contributed by atoms with van der Waals surface area (Å²) in [6.45, 7) is 0. The van der Waals surface area contributed by atoms with Crippen molar-refractivity contribution in [1.29, 1.82) is 0 Å². The minimum atomic E-state index is -0.221. The molecule has 0 fully saturated rings. The van der Waals surface area contributed by atoms with Gasteiger partial charge in [0, 0.05) is 5.56 Å². The molecule has 2 heterocycles. The van der Waals surface area contributed by atoms with Crippen LogP contribution < -0.4 is 10.9 Å². The van der Waals surface area contributed by atoms with Crippen molar-refractivity contribution in [2.24, 2.45) is 0 Å². The van der Waals surface area contributed by atoms with Crippen LogP contribution in [0, 0.1) is 0 Å². The molecule has 0 atom stereocenters. The first kappa shape index (κ1) is 14.6. The highest BCUT2D eigenvalue weighted by Crippen LogP contribution is 2.31. The molecule has 5 nitrogen and oxygen atoms in total. The van der Waals surface area contributed by atoms with Gasteiger partial charge in [0.2, 0.25) is 0 Å². The van der Waals surface area contributed by atoms with Gasteiger partial charge >= 0.3 is 0 Å². The van der Waals surface area contributed by atoms with E-state index in [0.29, 0.717) is 39.2 Å². The molecular weight excluding hydrogens is 326 g/mol. The molecule has 0 saturated carbocycles. The highest BCUT2D eigenvalue weighted by molar-refractivity contribution is 6.10. The summed E-state index contributed by atoms with van der Waals surface area (Å²) in [5.74, 6) is 0.244. The lowest BCUT2D eigenvalue weighted by Crippen LogP contribution is -2.26. The number of hydrogen-bond donors (Lipinski definition) is 1. The molecule has 124 valence electrons. The predicted octanol–water partition coefficient (Wildman–Crippen LogP) is 3.62. The third-order valence-corrected chi connectivity index (χ3v) is 4.58. The van der Waals surface area contributed by atoms with Gasteiger partial charge in [0.1, 0.15) is 5.82 Å². The summed E-state index contributed by atoms with van der Waals surface area (Å²) in [5, 5.41) is 3.45. The van der Waals surface area contributed by atoms with Crippen LogP contribution >= 0.6 is 0 Å². The third kappa shape index (κ3) is 2.01. The van der Waals surface area contributed by atoms with Crippen LogP contribution in [0.4, 0.5) is 5.69 Å². The summed E-state index contributed by atoms with van der Waals surface area (Å²) < 4.78 is 1.58. The van der Waals surface area contributed by atoms with Gasteiger partial charge in [-0.3, -0.25) is 14.2 Å². The molecule has 1 aromatic heterocycles. The molecule has 26 heavy (non-hydrogen) atoms. The highest BCUT2D eigenvalue weighted by atomic mass is 16.2. The number of fused-ring (bicyclic) bond motifs is 6. The number of carbonyl (C=O) groups is 1. The number of nitrogens with zero attached hydrogens (tertiary/aromatic N) is 2. The number of nitrogens with one attached hydrogen (secondary N) is 1. The predicted molar refractivity (Wildman–Crippen MR) is 101 cm³/mol. The topological polar surface area (TPSA) is 64.0 Å². The molecule has 0 aliphatic carbocycles. The molecule has 1 aliphatic rings. The minimum absolute atomic E-state index is 0.163. The lowest BCUT2D eigenvalue weighted by Gasteiger charge is -2.21. The number of hydrogen-bond acceptors (Lipinski definition) is 3. The van der Waals surface area contributed by atoms with Crippen LogP contribution in [-0.4, -0.2) is 15.5 Å². The van der Waals surface area contributed by atoms with Crippen LogP contribution in [0.2, 0.25) is 0 Å². The van der Waals surface area contributed by atoms with E-state index in [0.717, 1.165) is 0 Å². The van der Waals surface area contributed by atoms with Crippen molar-refractivity contribution < 1.29 is 4.79 Å². The smallest absolute Gasteiger partial charge is 0.266 e. The quantitative estimate of drug-likeness (QED) is 0.532. The summed E-state index contributed by atoms with van der Waals surface area (Å²) in [4.78, 5) is 30.8. The molecule has 0 bridgehead atoms. The first-order chi connectivity index (χ1) is 12.7.